The Morgan fingerprint density at radius 3 is 2.15 bits per heavy atom. The monoisotopic (exact) mass is 605 g/mol. The Bertz CT molecular complexity index is 1030. The molecule has 1 heterocycles. The fourth-order valence-electron chi connectivity index (χ4n) is 2.85. The maximum absolute atomic E-state index is 12.0. The van der Waals surface area contributed by atoms with E-state index in [2.05, 4.69) is 63.7 Å². The molecule has 0 atom stereocenters. The lowest BCUT2D eigenvalue weighted by Gasteiger charge is -2.14. The van der Waals surface area contributed by atoms with E-state index in [0.29, 0.717) is 29.1 Å². The van der Waals surface area contributed by atoms with Gasteiger partial charge in [0.15, 0.2) is 0 Å². The molecule has 0 bridgehead atoms. The largest absolute Gasteiger partial charge is 0.506 e. The Hall–Kier alpha value is -1.09. The molecular weight excluding hydrogens is 598 g/mol. The summed E-state index contributed by atoms with van der Waals surface area (Å²) in [6.45, 7) is 0. The van der Waals surface area contributed by atoms with Crippen LogP contribution in [0.5, 0.6) is 5.75 Å². The first-order valence-electron chi connectivity index (χ1n) is 7.29. The normalized spacial score (nSPS) is 11.0. The van der Waals surface area contributed by atoms with Crippen LogP contribution in [-0.4, -0.2) is 20.7 Å². The van der Waals surface area contributed by atoms with Crippen LogP contribution in [0.2, 0.25) is 0 Å². The van der Waals surface area contributed by atoms with Crippen molar-refractivity contribution in [2.75, 3.05) is 0 Å². The highest BCUT2D eigenvalue weighted by Crippen LogP contribution is 2.48. The highest BCUT2D eigenvalue weighted by Gasteiger charge is 2.29. The molecule has 0 amide bonds. The number of halogens is 4. The van der Waals surface area contributed by atoms with E-state index in [1.54, 1.807) is 17.7 Å². The topological polar surface area (TPSA) is 62.5 Å². The summed E-state index contributed by atoms with van der Waals surface area (Å²) in [7, 11) is 1.80. The van der Waals surface area contributed by atoms with Gasteiger partial charge in [0.2, 0.25) is 0 Å². The van der Waals surface area contributed by atoms with E-state index in [-0.39, 0.29) is 11.3 Å². The van der Waals surface area contributed by atoms with E-state index < -0.39 is 5.97 Å². The molecule has 0 saturated carbocycles. The van der Waals surface area contributed by atoms with Gasteiger partial charge >= 0.3 is 5.97 Å². The number of phenolic OH excluding ortho intramolecular Hbond substituents is 1. The quantitative estimate of drug-likeness (QED) is 0.343. The van der Waals surface area contributed by atoms with E-state index in [0.717, 1.165) is 11.3 Å². The van der Waals surface area contributed by atoms with Crippen LogP contribution in [0.1, 0.15) is 10.4 Å². The average Bonchev–Trinajstić information content (AvgIpc) is 2.84. The van der Waals surface area contributed by atoms with Crippen molar-refractivity contribution in [3.63, 3.8) is 0 Å². The molecule has 4 nitrogen and oxygen atoms in total. The molecule has 26 heavy (non-hydrogen) atoms. The lowest BCUT2D eigenvalue weighted by atomic mass is 10.1. The molecule has 2 aromatic carbocycles. The third-order valence-corrected chi connectivity index (χ3v) is 6.75. The average molecular weight is 609 g/mol. The van der Waals surface area contributed by atoms with Gasteiger partial charge in [-0.25, -0.2) is 4.79 Å². The summed E-state index contributed by atoms with van der Waals surface area (Å²) < 4.78 is 3.82. The maximum Gasteiger partial charge on any atom is 0.339 e. The Labute approximate surface area is 183 Å². The second-order valence-electron chi connectivity index (χ2n) is 5.49. The van der Waals surface area contributed by atoms with Gasteiger partial charge < -0.3 is 14.8 Å². The van der Waals surface area contributed by atoms with Crippen molar-refractivity contribution in [1.29, 1.82) is 0 Å². The van der Waals surface area contributed by atoms with E-state index in [4.69, 9.17) is 0 Å². The number of aromatic nitrogens is 1. The van der Waals surface area contributed by atoms with Gasteiger partial charge in [0, 0.05) is 17.1 Å². The Kier molecular flexibility index (Phi) is 5.67. The van der Waals surface area contributed by atoms with Crippen molar-refractivity contribution in [3.05, 3.63) is 59.9 Å². The van der Waals surface area contributed by atoms with Crippen LogP contribution in [0.15, 0.2) is 54.3 Å². The number of hydrogen-bond acceptors (Lipinski definition) is 2. The van der Waals surface area contributed by atoms with Gasteiger partial charge in [0.05, 0.1) is 24.8 Å². The minimum atomic E-state index is -1.06. The molecule has 0 unspecified atom stereocenters. The van der Waals surface area contributed by atoms with Gasteiger partial charge in [-0.2, -0.15) is 0 Å². The smallest absolute Gasteiger partial charge is 0.339 e. The van der Waals surface area contributed by atoms with Crippen molar-refractivity contribution in [1.82, 2.24) is 4.57 Å². The first kappa shape index (κ1) is 19.7. The molecule has 0 spiro atoms. The third-order valence-electron chi connectivity index (χ3n) is 3.98. The number of carboxylic acids is 1. The van der Waals surface area contributed by atoms with E-state index in [9.17, 15) is 15.0 Å². The molecule has 1 aromatic heterocycles. The zero-order valence-corrected chi connectivity index (χ0v) is 19.6. The number of aromatic hydroxyl groups is 1. The fourth-order valence-corrected chi connectivity index (χ4v) is 6.20. The van der Waals surface area contributed by atoms with Crippen LogP contribution >= 0.6 is 63.7 Å². The zero-order valence-electron chi connectivity index (χ0n) is 13.2. The molecule has 0 aliphatic heterocycles. The Balaban J connectivity index is 2.44. The molecule has 3 aromatic rings. The number of phenols is 1. The number of carbonyl (C=O) groups is 1. The summed E-state index contributed by atoms with van der Waals surface area (Å²) in [5.74, 6) is -1.07. The van der Waals surface area contributed by atoms with Crippen LogP contribution < -0.4 is 0 Å². The number of hydrogen-bond donors (Lipinski definition) is 2. The van der Waals surface area contributed by atoms with Gasteiger partial charge in [0.1, 0.15) is 11.3 Å². The minimum Gasteiger partial charge on any atom is -0.506 e. The lowest BCUT2D eigenvalue weighted by Crippen LogP contribution is -2.02. The van der Waals surface area contributed by atoms with Gasteiger partial charge in [-0.1, -0.05) is 46.3 Å². The summed E-state index contributed by atoms with van der Waals surface area (Å²) in [6.07, 6.45) is 0. The van der Waals surface area contributed by atoms with Crippen LogP contribution in [0.4, 0.5) is 0 Å². The number of benzene rings is 2. The summed E-state index contributed by atoms with van der Waals surface area (Å²) in [5.41, 5.74) is 2.75. The maximum atomic E-state index is 12.0. The third kappa shape index (κ3) is 3.17. The van der Waals surface area contributed by atoms with E-state index >= 15 is 0 Å². The standard InChI is InChI=1S/C18H11Br4NO3/c1-23-15(8-5-3-2-4-6-8)13(21)12(18(25)26)16(23)11-9(19)7-10(20)17(24)14(11)22/h2-7,24H,1H3,(H,25,26). The Morgan fingerprint density at radius 1 is 0.962 bits per heavy atom. The first-order valence-corrected chi connectivity index (χ1v) is 10.5. The number of carboxylic acid groups (broad SMARTS) is 1. The minimum absolute atomic E-state index is 0.00174. The molecule has 2 N–H and O–H groups in total. The van der Waals surface area contributed by atoms with Gasteiger partial charge in [-0.3, -0.25) is 0 Å². The van der Waals surface area contributed by atoms with Crippen molar-refractivity contribution >= 4 is 69.7 Å². The molecule has 0 radical (unpaired) electrons. The molecule has 0 fully saturated rings. The van der Waals surface area contributed by atoms with E-state index in [1.807, 2.05) is 30.3 Å². The second-order valence-corrected chi connectivity index (χ2v) is 8.79. The molecule has 0 aliphatic rings. The predicted molar refractivity (Wildman–Crippen MR) is 116 cm³/mol. The van der Waals surface area contributed by atoms with Crippen molar-refractivity contribution in [3.8, 4) is 28.3 Å². The molecule has 3 rings (SSSR count). The number of nitrogens with zero attached hydrogens (tertiary/aromatic N) is 1. The van der Waals surface area contributed by atoms with Crippen LogP contribution in [0.3, 0.4) is 0 Å². The summed E-state index contributed by atoms with van der Waals surface area (Å²) in [5, 5.41) is 20.2. The molecular formula is C18H11Br4NO3. The highest BCUT2D eigenvalue weighted by molar-refractivity contribution is 9.12. The zero-order chi connectivity index (χ0) is 19.2. The highest BCUT2D eigenvalue weighted by atomic mass is 79.9. The molecule has 134 valence electrons. The summed E-state index contributed by atoms with van der Waals surface area (Å²) in [4.78, 5) is 12.0. The van der Waals surface area contributed by atoms with Gasteiger partial charge in [0.25, 0.3) is 0 Å². The van der Waals surface area contributed by atoms with E-state index in [1.165, 1.54) is 0 Å². The molecule has 0 aliphatic carbocycles. The van der Waals surface area contributed by atoms with Crippen LogP contribution in [0, 0.1) is 0 Å². The van der Waals surface area contributed by atoms with Crippen LogP contribution in [0.25, 0.3) is 22.5 Å². The van der Waals surface area contributed by atoms with Crippen molar-refractivity contribution in [2.45, 2.75) is 0 Å². The van der Waals surface area contributed by atoms with Gasteiger partial charge in [-0.05, 0) is 59.4 Å². The summed E-state index contributed by atoms with van der Waals surface area (Å²) >= 11 is 13.6. The fraction of sp³-hybridized carbons (Fsp3) is 0.0556. The van der Waals surface area contributed by atoms with Crippen molar-refractivity contribution < 1.29 is 15.0 Å². The van der Waals surface area contributed by atoms with Gasteiger partial charge in [-0.15, -0.1) is 0 Å². The molecule has 0 saturated heterocycles. The molecule has 8 heteroatoms. The summed E-state index contributed by atoms with van der Waals surface area (Å²) in [6, 6.07) is 11.2. The number of aromatic carboxylic acids is 1. The second kappa shape index (κ2) is 7.50. The lowest BCUT2D eigenvalue weighted by molar-refractivity contribution is 0.0697. The Morgan fingerprint density at radius 2 is 1.58 bits per heavy atom. The number of rotatable bonds is 3. The SMILES string of the molecule is Cn1c(-c2ccccc2)c(Br)c(C(=O)O)c1-c1c(Br)cc(Br)c(O)c1Br. The van der Waals surface area contributed by atoms with Crippen molar-refractivity contribution in [2.24, 2.45) is 7.05 Å². The predicted octanol–water partition coefficient (Wildman–Crippen LogP) is 6.81. The van der Waals surface area contributed by atoms with Crippen LogP contribution in [-0.2, 0) is 7.05 Å². The first-order chi connectivity index (χ1) is 12.3.